The summed E-state index contributed by atoms with van der Waals surface area (Å²) in [5, 5.41) is 12.2. The number of nitrogens with zero attached hydrogens (tertiary/aromatic N) is 2. The van der Waals surface area contributed by atoms with Crippen LogP contribution in [0.1, 0.15) is 16.3 Å². The van der Waals surface area contributed by atoms with Gasteiger partial charge in [-0.2, -0.15) is 0 Å². The maximum atomic E-state index is 12.3. The predicted octanol–water partition coefficient (Wildman–Crippen LogP) is 2.36. The first-order chi connectivity index (χ1) is 13.0. The number of carbonyl (C=O) groups is 2. The van der Waals surface area contributed by atoms with E-state index >= 15 is 0 Å². The highest BCUT2D eigenvalue weighted by Crippen LogP contribution is 2.16. The molecule has 0 saturated carbocycles. The van der Waals surface area contributed by atoms with Crippen LogP contribution in [0.3, 0.4) is 0 Å². The zero-order valence-electron chi connectivity index (χ0n) is 14.8. The van der Waals surface area contributed by atoms with Gasteiger partial charge in [0.05, 0.1) is 23.9 Å². The molecule has 1 fully saturated rings. The topological polar surface area (TPSA) is 89.0 Å². The van der Waals surface area contributed by atoms with Gasteiger partial charge in [-0.1, -0.05) is 12.1 Å². The smallest absolute Gasteiger partial charge is 0.328 e. The Balaban J connectivity index is 1.56. The van der Waals surface area contributed by atoms with Crippen molar-refractivity contribution in [2.45, 2.75) is 19.6 Å². The van der Waals surface area contributed by atoms with E-state index in [0.717, 1.165) is 16.3 Å². The number of hydrogen-bond donors (Lipinski definition) is 1. The summed E-state index contributed by atoms with van der Waals surface area (Å²) in [5.41, 5.74) is 1.71. The van der Waals surface area contributed by atoms with Crippen LogP contribution in [0.25, 0.3) is 6.08 Å². The van der Waals surface area contributed by atoms with E-state index in [-0.39, 0.29) is 19.1 Å². The Labute approximate surface area is 160 Å². The Morgan fingerprint density at radius 2 is 2.19 bits per heavy atom. The zero-order valence-corrected chi connectivity index (χ0v) is 15.6. The van der Waals surface area contributed by atoms with Crippen LogP contribution >= 0.6 is 11.3 Å². The molecule has 0 aliphatic carbocycles. The maximum Gasteiger partial charge on any atom is 0.328 e. The number of aryl methyl sites for hydroxylation is 1. The number of benzene rings is 1. The lowest BCUT2D eigenvalue weighted by Gasteiger charge is -2.31. The van der Waals surface area contributed by atoms with Crippen LogP contribution in [-0.2, 0) is 20.9 Å². The number of aromatic nitrogens is 1. The van der Waals surface area contributed by atoms with Gasteiger partial charge in [-0.15, -0.1) is 11.3 Å². The van der Waals surface area contributed by atoms with Crippen molar-refractivity contribution >= 4 is 29.3 Å². The van der Waals surface area contributed by atoms with Gasteiger partial charge in [-0.05, 0) is 30.7 Å². The van der Waals surface area contributed by atoms with E-state index in [1.165, 1.54) is 11.0 Å². The van der Waals surface area contributed by atoms with E-state index in [0.29, 0.717) is 19.0 Å². The van der Waals surface area contributed by atoms with Gasteiger partial charge < -0.3 is 19.5 Å². The highest BCUT2D eigenvalue weighted by molar-refractivity contribution is 7.09. The Kier molecular flexibility index (Phi) is 6.20. The molecule has 2 heterocycles. The van der Waals surface area contributed by atoms with Crippen LogP contribution in [-0.4, -0.2) is 52.7 Å². The summed E-state index contributed by atoms with van der Waals surface area (Å²) in [7, 11) is 0. The first-order valence-electron chi connectivity index (χ1n) is 8.46. The van der Waals surface area contributed by atoms with Crippen molar-refractivity contribution in [1.29, 1.82) is 0 Å². The number of aliphatic carboxylic acids is 1. The molecule has 2 aromatic rings. The number of carboxylic acids is 1. The molecule has 142 valence electrons. The van der Waals surface area contributed by atoms with E-state index in [1.54, 1.807) is 17.4 Å². The van der Waals surface area contributed by atoms with Gasteiger partial charge in [0.15, 0.2) is 6.04 Å². The number of carbonyl (C=O) groups excluding carboxylic acids is 1. The quantitative estimate of drug-likeness (QED) is 0.764. The van der Waals surface area contributed by atoms with Crippen LogP contribution in [0.5, 0.6) is 5.75 Å². The Morgan fingerprint density at radius 3 is 2.85 bits per heavy atom. The van der Waals surface area contributed by atoms with Crippen molar-refractivity contribution in [3.63, 3.8) is 0 Å². The lowest BCUT2D eigenvalue weighted by molar-refractivity contribution is -0.156. The monoisotopic (exact) mass is 388 g/mol. The van der Waals surface area contributed by atoms with Gasteiger partial charge in [0, 0.05) is 18.0 Å². The Hall–Kier alpha value is -2.71. The molecule has 1 aromatic heterocycles. The van der Waals surface area contributed by atoms with Crippen molar-refractivity contribution in [2.24, 2.45) is 0 Å². The summed E-state index contributed by atoms with van der Waals surface area (Å²) in [5.74, 6) is -0.693. The zero-order chi connectivity index (χ0) is 19.2. The SMILES string of the molecule is Cc1nc(COc2ccc(/C=C/C(=O)N3CCOCC3C(=O)O)cc2)cs1. The van der Waals surface area contributed by atoms with Gasteiger partial charge in [0.25, 0.3) is 0 Å². The van der Waals surface area contributed by atoms with Crippen LogP contribution in [0, 0.1) is 6.92 Å². The van der Waals surface area contributed by atoms with Gasteiger partial charge in [-0.25, -0.2) is 9.78 Å². The number of ether oxygens (including phenoxy) is 2. The number of morpholine rings is 1. The molecule has 27 heavy (non-hydrogen) atoms. The first kappa shape index (κ1) is 19.1. The fraction of sp³-hybridized carbons (Fsp3) is 0.316. The molecule has 1 aromatic carbocycles. The van der Waals surface area contributed by atoms with E-state index in [4.69, 9.17) is 9.47 Å². The number of thiazole rings is 1. The molecule has 0 spiro atoms. The molecule has 1 N–H and O–H groups in total. The third kappa shape index (κ3) is 5.15. The molecule has 3 rings (SSSR count). The standard InChI is InChI=1S/C19H20N2O5S/c1-13-20-15(12-27-13)10-26-16-5-2-14(3-6-16)4-7-18(22)21-8-9-25-11-17(21)19(23)24/h2-7,12,17H,8-11H2,1H3,(H,23,24)/b7-4+. The van der Waals surface area contributed by atoms with Gasteiger partial charge in [0.1, 0.15) is 12.4 Å². The summed E-state index contributed by atoms with van der Waals surface area (Å²) in [6, 6.07) is 6.36. The van der Waals surface area contributed by atoms with Gasteiger partial charge >= 0.3 is 5.97 Å². The summed E-state index contributed by atoms with van der Waals surface area (Å²) in [6.45, 7) is 2.98. The summed E-state index contributed by atoms with van der Waals surface area (Å²) >= 11 is 1.58. The van der Waals surface area contributed by atoms with E-state index in [9.17, 15) is 14.7 Å². The molecule has 0 bridgehead atoms. The van der Waals surface area contributed by atoms with E-state index in [1.807, 2.05) is 36.6 Å². The number of rotatable bonds is 6. The normalized spacial score (nSPS) is 17.2. The van der Waals surface area contributed by atoms with Crippen molar-refractivity contribution in [3.8, 4) is 5.75 Å². The maximum absolute atomic E-state index is 12.3. The van der Waals surface area contributed by atoms with Crippen LogP contribution in [0.15, 0.2) is 35.7 Å². The summed E-state index contributed by atoms with van der Waals surface area (Å²) < 4.78 is 10.8. The molecular formula is C19H20N2O5S. The second-order valence-electron chi connectivity index (χ2n) is 6.01. The number of carboxylic acid groups (broad SMARTS) is 1. The highest BCUT2D eigenvalue weighted by Gasteiger charge is 2.31. The molecule has 0 radical (unpaired) electrons. The van der Waals surface area contributed by atoms with Crippen LogP contribution in [0.2, 0.25) is 0 Å². The molecule has 1 atom stereocenters. The van der Waals surface area contributed by atoms with Crippen molar-refractivity contribution in [2.75, 3.05) is 19.8 Å². The van der Waals surface area contributed by atoms with Gasteiger partial charge in [0.2, 0.25) is 5.91 Å². The lowest BCUT2D eigenvalue weighted by Crippen LogP contribution is -2.52. The fourth-order valence-corrected chi connectivity index (χ4v) is 3.24. The first-order valence-corrected chi connectivity index (χ1v) is 9.34. The summed E-state index contributed by atoms with van der Waals surface area (Å²) in [4.78, 5) is 29.2. The van der Waals surface area contributed by atoms with Crippen molar-refractivity contribution in [1.82, 2.24) is 9.88 Å². The van der Waals surface area contributed by atoms with Crippen LogP contribution in [0.4, 0.5) is 0 Å². The molecule has 1 unspecified atom stereocenters. The second kappa shape index (κ2) is 8.79. The number of hydrogen-bond acceptors (Lipinski definition) is 6. The average molecular weight is 388 g/mol. The molecule has 1 aliphatic heterocycles. The molecule has 1 saturated heterocycles. The minimum atomic E-state index is -1.06. The highest BCUT2D eigenvalue weighted by atomic mass is 32.1. The average Bonchev–Trinajstić information content (AvgIpc) is 3.10. The second-order valence-corrected chi connectivity index (χ2v) is 7.07. The third-order valence-electron chi connectivity index (χ3n) is 4.05. The molecule has 8 heteroatoms. The summed E-state index contributed by atoms with van der Waals surface area (Å²) in [6.07, 6.45) is 3.04. The van der Waals surface area contributed by atoms with Crippen molar-refractivity contribution in [3.05, 3.63) is 52.0 Å². The predicted molar refractivity (Wildman–Crippen MR) is 101 cm³/mol. The largest absolute Gasteiger partial charge is 0.487 e. The van der Waals surface area contributed by atoms with Crippen molar-refractivity contribution < 1.29 is 24.2 Å². The minimum absolute atomic E-state index is 0.0134. The Morgan fingerprint density at radius 1 is 1.41 bits per heavy atom. The van der Waals surface area contributed by atoms with E-state index in [2.05, 4.69) is 4.98 Å². The number of amides is 1. The lowest BCUT2D eigenvalue weighted by atomic mass is 10.2. The Bertz CT molecular complexity index is 831. The molecule has 1 aliphatic rings. The van der Waals surface area contributed by atoms with E-state index < -0.39 is 12.0 Å². The molecule has 1 amide bonds. The fourth-order valence-electron chi connectivity index (χ4n) is 2.64. The molecular weight excluding hydrogens is 368 g/mol. The minimum Gasteiger partial charge on any atom is -0.487 e. The molecule has 7 nitrogen and oxygen atoms in total. The van der Waals surface area contributed by atoms with Gasteiger partial charge in [-0.3, -0.25) is 4.79 Å². The third-order valence-corrected chi connectivity index (χ3v) is 4.87. The van der Waals surface area contributed by atoms with Crippen LogP contribution < -0.4 is 4.74 Å².